The zero-order chi connectivity index (χ0) is 17.8. The molecule has 0 saturated heterocycles. The van der Waals surface area contributed by atoms with Crippen LogP contribution >= 0.6 is 0 Å². The van der Waals surface area contributed by atoms with Gasteiger partial charge in [0.05, 0.1) is 0 Å². The second-order valence-electron chi connectivity index (χ2n) is 6.87. The molecule has 1 aliphatic carbocycles. The lowest BCUT2D eigenvalue weighted by atomic mass is 10.0. The number of ether oxygens (including phenoxy) is 1. The molecule has 0 unspecified atom stereocenters. The van der Waals surface area contributed by atoms with Gasteiger partial charge in [-0.25, -0.2) is 4.39 Å². The van der Waals surface area contributed by atoms with E-state index in [2.05, 4.69) is 38.1 Å². The van der Waals surface area contributed by atoms with E-state index in [1.165, 1.54) is 17.7 Å². The van der Waals surface area contributed by atoms with Crippen molar-refractivity contribution >= 4 is 5.91 Å². The van der Waals surface area contributed by atoms with Crippen molar-refractivity contribution in [3.8, 4) is 5.75 Å². The Morgan fingerprint density at radius 1 is 1.16 bits per heavy atom. The maximum Gasteiger partial charge on any atom is 0.261 e. The standard InChI is InChI=1S/C21H24FNO2/c1-15(2)17-9-7-16(8-10-17)13-23(18-11-12-18)21(24)14-25-20-6-4-3-5-19(20)22/h3-10,15,18H,11-14H2,1-2H3. The Bertz CT molecular complexity index is 723. The highest BCUT2D eigenvalue weighted by Crippen LogP contribution is 2.29. The molecule has 0 atom stereocenters. The third-order valence-electron chi connectivity index (χ3n) is 4.50. The molecular weight excluding hydrogens is 317 g/mol. The molecule has 0 radical (unpaired) electrons. The fraction of sp³-hybridized carbons (Fsp3) is 0.381. The Labute approximate surface area is 148 Å². The first-order valence-electron chi connectivity index (χ1n) is 8.80. The smallest absolute Gasteiger partial charge is 0.261 e. The van der Waals surface area contributed by atoms with Gasteiger partial charge in [0, 0.05) is 12.6 Å². The van der Waals surface area contributed by atoms with E-state index in [0.29, 0.717) is 12.5 Å². The van der Waals surface area contributed by atoms with Crippen molar-refractivity contribution in [2.24, 2.45) is 0 Å². The number of amides is 1. The molecule has 4 heteroatoms. The van der Waals surface area contributed by atoms with Gasteiger partial charge in [0.1, 0.15) is 0 Å². The minimum absolute atomic E-state index is 0.0984. The first-order valence-corrected chi connectivity index (χ1v) is 8.80. The molecule has 2 aromatic carbocycles. The molecule has 1 fully saturated rings. The number of para-hydroxylation sites is 1. The molecule has 3 nitrogen and oxygen atoms in total. The normalized spacial score (nSPS) is 13.8. The van der Waals surface area contributed by atoms with Gasteiger partial charge in [0.2, 0.25) is 0 Å². The highest BCUT2D eigenvalue weighted by atomic mass is 19.1. The van der Waals surface area contributed by atoms with Gasteiger partial charge < -0.3 is 9.64 Å². The number of nitrogens with zero attached hydrogens (tertiary/aromatic N) is 1. The first kappa shape index (κ1) is 17.5. The summed E-state index contributed by atoms with van der Waals surface area (Å²) in [5.74, 6) is 0.0634. The van der Waals surface area contributed by atoms with Gasteiger partial charge in [0.15, 0.2) is 18.2 Å². The SMILES string of the molecule is CC(C)c1ccc(CN(C(=O)COc2ccccc2F)C2CC2)cc1. The van der Waals surface area contributed by atoms with E-state index in [4.69, 9.17) is 4.74 Å². The summed E-state index contributed by atoms with van der Waals surface area (Å²) in [7, 11) is 0. The topological polar surface area (TPSA) is 29.5 Å². The van der Waals surface area contributed by atoms with Gasteiger partial charge in [0.25, 0.3) is 5.91 Å². The van der Waals surface area contributed by atoms with E-state index in [0.717, 1.165) is 18.4 Å². The highest BCUT2D eigenvalue weighted by Gasteiger charge is 2.32. The Balaban J connectivity index is 1.62. The number of hydrogen-bond donors (Lipinski definition) is 0. The summed E-state index contributed by atoms with van der Waals surface area (Å²) in [5.41, 5.74) is 2.39. The molecule has 132 valence electrons. The molecule has 1 saturated carbocycles. The van der Waals surface area contributed by atoms with Crippen molar-refractivity contribution in [1.29, 1.82) is 0 Å². The minimum atomic E-state index is -0.447. The van der Waals surface area contributed by atoms with E-state index < -0.39 is 5.82 Å². The van der Waals surface area contributed by atoms with Crippen LogP contribution in [-0.4, -0.2) is 23.5 Å². The molecule has 3 rings (SSSR count). The number of halogens is 1. The Morgan fingerprint density at radius 3 is 2.44 bits per heavy atom. The van der Waals surface area contributed by atoms with Crippen molar-refractivity contribution in [3.05, 3.63) is 65.5 Å². The Morgan fingerprint density at radius 2 is 1.84 bits per heavy atom. The molecule has 0 aliphatic heterocycles. The van der Waals surface area contributed by atoms with Crippen LogP contribution in [0.3, 0.4) is 0 Å². The summed E-state index contributed by atoms with van der Waals surface area (Å²) in [6, 6.07) is 14.8. The molecule has 1 amide bonds. The summed E-state index contributed by atoms with van der Waals surface area (Å²) in [4.78, 5) is 14.4. The van der Waals surface area contributed by atoms with Gasteiger partial charge in [-0.15, -0.1) is 0 Å². The number of benzene rings is 2. The van der Waals surface area contributed by atoms with Gasteiger partial charge >= 0.3 is 0 Å². The minimum Gasteiger partial charge on any atom is -0.481 e. The summed E-state index contributed by atoms with van der Waals surface area (Å²) in [6.45, 7) is 4.76. The number of hydrogen-bond acceptors (Lipinski definition) is 2. The van der Waals surface area contributed by atoms with Crippen molar-refractivity contribution in [1.82, 2.24) is 4.90 Å². The fourth-order valence-electron chi connectivity index (χ4n) is 2.80. The van der Waals surface area contributed by atoms with Crippen LogP contribution < -0.4 is 4.74 Å². The molecule has 0 aromatic heterocycles. The van der Waals surface area contributed by atoms with Crippen LogP contribution in [0.25, 0.3) is 0 Å². The van der Waals surface area contributed by atoms with Crippen LogP contribution in [0.4, 0.5) is 4.39 Å². The van der Waals surface area contributed by atoms with Gasteiger partial charge in [-0.3, -0.25) is 4.79 Å². The molecule has 25 heavy (non-hydrogen) atoms. The van der Waals surface area contributed by atoms with E-state index in [1.807, 2.05) is 4.90 Å². The molecular formula is C21H24FNO2. The van der Waals surface area contributed by atoms with E-state index in [1.54, 1.807) is 12.1 Å². The van der Waals surface area contributed by atoms with Gasteiger partial charge in [-0.1, -0.05) is 50.2 Å². The van der Waals surface area contributed by atoms with Crippen LogP contribution in [0.15, 0.2) is 48.5 Å². The van der Waals surface area contributed by atoms with Crippen molar-refractivity contribution in [2.45, 2.75) is 45.2 Å². The summed E-state index contributed by atoms with van der Waals surface area (Å²) in [5, 5.41) is 0. The Hall–Kier alpha value is -2.36. The number of carbonyl (C=O) groups excluding carboxylic acids is 1. The fourth-order valence-corrected chi connectivity index (χ4v) is 2.80. The zero-order valence-corrected chi connectivity index (χ0v) is 14.7. The van der Waals surface area contributed by atoms with E-state index in [9.17, 15) is 9.18 Å². The van der Waals surface area contributed by atoms with Crippen molar-refractivity contribution in [2.75, 3.05) is 6.61 Å². The lowest BCUT2D eigenvalue weighted by Gasteiger charge is -2.23. The summed E-state index contributed by atoms with van der Waals surface area (Å²) < 4.78 is 19.0. The number of rotatable bonds is 7. The molecule has 0 bridgehead atoms. The van der Waals surface area contributed by atoms with Crippen molar-refractivity contribution < 1.29 is 13.9 Å². The van der Waals surface area contributed by atoms with Crippen LogP contribution in [0.2, 0.25) is 0 Å². The van der Waals surface area contributed by atoms with Crippen LogP contribution in [0.5, 0.6) is 5.75 Å². The zero-order valence-electron chi connectivity index (χ0n) is 14.7. The lowest BCUT2D eigenvalue weighted by molar-refractivity contribution is -0.134. The van der Waals surface area contributed by atoms with Gasteiger partial charge in [-0.05, 0) is 42.0 Å². The molecule has 2 aromatic rings. The van der Waals surface area contributed by atoms with Crippen LogP contribution in [0.1, 0.15) is 43.7 Å². The van der Waals surface area contributed by atoms with Crippen LogP contribution in [0, 0.1) is 5.82 Å². The molecule has 1 aliphatic rings. The van der Waals surface area contributed by atoms with E-state index in [-0.39, 0.29) is 24.3 Å². The first-order chi connectivity index (χ1) is 12.0. The number of carbonyl (C=O) groups is 1. The average Bonchev–Trinajstić information content (AvgIpc) is 3.44. The van der Waals surface area contributed by atoms with Crippen LogP contribution in [-0.2, 0) is 11.3 Å². The quantitative estimate of drug-likeness (QED) is 0.741. The predicted molar refractivity (Wildman–Crippen MR) is 96.0 cm³/mol. The summed E-state index contributed by atoms with van der Waals surface area (Å²) in [6.07, 6.45) is 2.05. The second kappa shape index (κ2) is 7.68. The summed E-state index contributed by atoms with van der Waals surface area (Å²) >= 11 is 0. The maximum atomic E-state index is 13.6. The molecule has 0 N–H and O–H groups in total. The predicted octanol–water partition coefficient (Wildman–Crippen LogP) is 4.52. The Kier molecular flexibility index (Phi) is 5.37. The second-order valence-corrected chi connectivity index (χ2v) is 6.87. The van der Waals surface area contributed by atoms with Crippen molar-refractivity contribution in [3.63, 3.8) is 0 Å². The average molecular weight is 341 g/mol. The monoisotopic (exact) mass is 341 g/mol. The largest absolute Gasteiger partial charge is 0.481 e. The highest BCUT2D eigenvalue weighted by molar-refractivity contribution is 5.78. The van der Waals surface area contributed by atoms with E-state index >= 15 is 0 Å². The molecule has 0 spiro atoms. The molecule has 0 heterocycles. The third kappa shape index (κ3) is 4.59. The van der Waals surface area contributed by atoms with Gasteiger partial charge in [-0.2, -0.15) is 0 Å². The maximum absolute atomic E-state index is 13.6. The third-order valence-corrected chi connectivity index (χ3v) is 4.50. The lowest BCUT2D eigenvalue weighted by Crippen LogP contribution is -2.36.